The Morgan fingerprint density at radius 1 is 1.47 bits per heavy atom. The molecule has 84 valence electrons. The lowest BCUT2D eigenvalue weighted by Gasteiger charge is -2.22. The fourth-order valence-electron chi connectivity index (χ4n) is 1.80. The summed E-state index contributed by atoms with van der Waals surface area (Å²) in [7, 11) is 0. The van der Waals surface area contributed by atoms with Crippen LogP contribution in [0.3, 0.4) is 0 Å². The number of hydrogen-bond acceptors (Lipinski definition) is 2. The van der Waals surface area contributed by atoms with E-state index in [9.17, 15) is 4.79 Å². The summed E-state index contributed by atoms with van der Waals surface area (Å²) < 4.78 is 0. The van der Waals surface area contributed by atoms with Crippen LogP contribution in [0.4, 0.5) is 0 Å². The SMILES string of the molecule is CCC(CC)C(C)NC(=O)c1cccs1. The number of carbonyl (C=O) groups excluding carboxylic acids is 1. The molecule has 0 aromatic carbocycles. The van der Waals surface area contributed by atoms with Gasteiger partial charge in [-0.3, -0.25) is 4.79 Å². The van der Waals surface area contributed by atoms with Gasteiger partial charge in [0, 0.05) is 6.04 Å². The number of nitrogens with one attached hydrogen (secondary N) is 1. The van der Waals surface area contributed by atoms with E-state index in [0.29, 0.717) is 5.92 Å². The molecular weight excluding hydrogens is 206 g/mol. The van der Waals surface area contributed by atoms with E-state index >= 15 is 0 Å². The molecule has 0 fully saturated rings. The minimum Gasteiger partial charge on any atom is -0.349 e. The van der Waals surface area contributed by atoms with Gasteiger partial charge in [0.15, 0.2) is 0 Å². The van der Waals surface area contributed by atoms with Crippen LogP contribution in [0.1, 0.15) is 43.3 Å². The maximum absolute atomic E-state index is 11.8. The first-order valence-corrected chi connectivity index (χ1v) is 6.41. The van der Waals surface area contributed by atoms with Crippen LogP contribution in [0.2, 0.25) is 0 Å². The van der Waals surface area contributed by atoms with Gasteiger partial charge in [-0.25, -0.2) is 0 Å². The Balaban J connectivity index is 2.51. The summed E-state index contributed by atoms with van der Waals surface area (Å²) in [5, 5.41) is 4.98. The second-order valence-electron chi connectivity index (χ2n) is 3.82. The zero-order valence-electron chi connectivity index (χ0n) is 9.62. The van der Waals surface area contributed by atoms with E-state index in [-0.39, 0.29) is 11.9 Å². The molecule has 1 N–H and O–H groups in total. The van der Waals surface area contributed by atoms with E-state index in [1.807, 2.05) is 17.5 Å². The highest BCUT2D eigenvalue weighted by molar-refractivity contribution is 7.12. The van der Waals surface area contributed by atoms with Gasteiger partial charge in [-0.05, 0) is 24.3 Å². The monoisotopic (exact) mass is 225 g/mol. The summed E-state index contributed by atoms with van der Waals surface area (Å²) in [5.41, 5.74) is 0. The van der Waals surface area contributed by atoms with Crippen molar-refractivity contribution >= 4 is 17.2 Å². The predicted molar refractivity (Wildman–Crippen MR) is 65.3 cm³/mol. The average Bonchev–Trinajstić information content (AvgIpc) is 2.72. The van der Waals surface area contributed by atoms with Gasteiger partial charge in [-0.2, -0.15) is 0 Å². The van der Waals surface area contributed by atoms with Crippen molar-refractivity contribution in [3.8, 4) is 0 Å². The van der Waals surface area contributed by atoms with Gasteiger partial charge in [-0.15, -0.1) is 11.3 Å². The lowest BCUT2D eigenvalue weighted by Crippen LogP contribution is -2.37. The third-order valence-corrected chi connectivity index (χ3v) is 3.73. The van der Waals surface area contributed by atoms with Crippen molar-refractivity contribution in [2.75, 3.05) is 0 Å². The fourth-order valence-corrected chi connectivity index (χ4v) is 2.43. The maximum atomic E-state index is 11.8. The Morgan fingerprint density at radius 2 is 2.13 bits per heavy atom. The van der Waals surface area contributed by atoms with Crippen LogP contribution < -0.4 is 5.32 Å². The molecule has 1 heterocycles. The van der Waals surface area contributed by atoms with Gasteiger partial charge in [0.1, 0.15) is 0 Å². The van der Waals surface area contributed by atoms with E-state index in [1.165, 1.54) is 11.3 Å². The average molecular weight is 225 g/mol. The molecule has 0 radical (unpaired) electrons. The molecule has 0 spiro atoms. The number of rotatable bonds is 5. The van der Waals surface area contributed by atoms with E-state index < -0.39 is 0 Å². The van der Waals surface area contributed by atoms with Crippen LogP contribution in [0, 0.1) is 5.92 Å². The van der Waals surface area contributed by atoms with Gasteiger partial charge in [-0.1, -0.05) is 32.8 Å². The van der Waals surface area contributed by atoms with Gasteiger partial charge in [0.25, 0.3) is 5.91 Å². The summed E-state index contributed by atoms with van der Waals surface area (Å²) in [5.74, 6) is 0.637. The number of amides is 1. The second-order valence-corrected chi connectivity index (χ2v) is 4.76. The highest BCUT2D eigenvalue weighted by atomic mass is 32.1. The second kappa shape index (κ2) is 5.91. The molecule has 3 heteroatoms. The maximum Gasteiger partial charge on any atom is 0.261 e. The largest absolute Gasteiger partial charge is 0.349 e. The molecule has 0 saturated carbocycles. The minimum absolute atomic E-state index is 0.0596. The first-order chi connectivity index (χ1) is 7.19. The van der Waals surface area contributed by atoms with E-state index in [2.05, 4.69) is 26.1 Å². The quantitative estimate of drug-likeness (QED) is 0.818. The van der Waals surface area contributed by atoms with Crippen LogP contribution in [0.25, 0.3) is 0 Å². The molecule has 2 nitrogen and oxygen atoms in total. The molecule has 1 amide bonds. The molecular formula is C12H19NOS. The summed E-state index contributed by atoms with van der Waals surface area (Å²) in [6, 6.07) is 4.02. The van der Waals surface area contributed by atoms with Crippen LogP contribution in [0.15, 0.2) is 17.5 Å². The molecule has 1 atom stereocenters. The fraction of sp³-hybridized carbons (Fsp3) is 0.583. The molecule has 1 aromatic rings. The van der Waals surface area contributed by atoms with Crippen molar-refractivity contribution < 1.29 is 4.79 Å². The van der Waals surface area contributed by atoms with E-state index in [4.69, 9.17) is 0 Å². The molecule has 0 aliphatic rings. The van der Waals surface area contributed by atoms with Crippen molar-refractivity contribution in [2.24, 2.45) is 5.92 Å². The summed E-state index contributed by atoms with van der Waals surface area (Å²) in [4.78, 5) is 12.6. The predicted octanol–water partition coefficient (Wildman–Crippen LogP) is 3.30. The highest BCUT2D eigenvalue weighted by Gasteiger charge is 2.16. The Hall–Kier alpha value is -0.830. The zero-order chi connectivity index (χ0) is 11.3. The Bertz CT molecular complexity index is 291. The van der Waals surface area contributed by atoms with Crippen molar-refractivity contribution in [3.05, 3.63) is 22.4 Å². The summed E-state index contributed by atoms with van der Waals surface area (Å²) in [6.45, 7) is 6.42. The normalized spacial score (nSPS) is 12.8. The number of carbonyl (C=O) groups is 1. The number of thiophene rings is 1. The first kappa shape index (κ1) is 12.2. The van der Waals surface area contributed by atoms with Crippen LogP contribution in [0.5, 0.6) is 0 Å². The van der Waals surface area contributed by atoms with E-state index in [1.54, 1.807) is 0 Å². The highest BCUT2D eigenvalue weighted by Crippen LogP contribution is 2.14. The molecule has 0 bridgehead atoms. The number of hydrogen-bond donors (Lipinski definition) is 1. The van der Waals surface area contributed by atoms with E-state index in [0.717, 1.165) is 17.7 Å². The Kier molecular flexibility index (Phi) is 4.82. The van der Waals surface area contributed by atoms with Crippen molar-refractivity contribution in [1.29, 1.82) is 0 Å². The summed E-state index contributed by atoms with van der Waals surface area (Å²) >= 11 is 1.49. The molecule has 1 unspecified atom stereocenters. The lowest BCUT2D eigenvalue weighted by molar-refractivity contribution is 0.0929. The molecule has 1 rings (SSSR count). The van der Waals surface area contributed by atoms with Crippen LogP contribution in [-0.2, 0) is 0 Å². The Labute approximate surface area is 95.7 Å². The van der Waals surface area contributed by atoms with Crippen LogP contribution in [-0.4, -0.2) is 11.9 Å². The molecule has 0 saturated heterocycles. The third-order valence-electron chi connectivity index (χ3n) is 2.86. The minimum atomic E-state index is 0.0596. The smallest absolute Gasteiger partial charge is 0.261 e. The van der Waals surface area contributed by atoms with Crippen LogP contribution >= 0.6 is 11.3 Å². The molecule has 0 aliphatic heterocycles. The topological polar surface area (TPSA) is 29.1 Å². The van der Waals surface area contributed by atoms with Crippen molar-refractivity contribution in [3.63, 3.8) is 0 Å². The Morgan fingerprint density at radius 3 is 2.60 bits per heavy atom. The van der Waals surface area contributed by atoms with Gasteiger partial charge in [0.2, 0.25) is 0 Å². The first-order valence-electron chi connectivity index (χ1n) is 5.53. The van der Waals surface area contributed by atoms with Gasteiger partial charge < -0.3 is 5.32 Å². The zero-order valence-corrected chi connectivity index (χ0v) is 10.4. The van der Waals surface area contributed by atoms with Crippen molar-refractivity contribution in [2.45, 2.75) is 39.7 Å². The molecule has 0 aliphatic carbocycles. The molecule has 1 aromatic heterocycles. The molecule has 15 heavy (non-hydrogen) atoms. The van der Waals surface area contributed by atoms with Gasteiger partial charge in [0.05, 0.1) is 4.88 Å². The summed E-state index contributed by atoms with van der Waals surface area (Å²) in [6.07, 6.45) is 2.23. The third kappa shape index (κ3) is 3.34. The van der Waals surface area contributed by atoms with Gasteiger partial charge >= 0.3 is 0 Å². The standard InChI is InChI=1S/C12H19NOS/c1-4-10(5-2)9(3)13-12(14)11-7-6-8-15-11/h6-10H,4-5H2,1-3H3,(H,13,14). The van der Waals surface area contributed by atoms with Crippen molar-refractivity contribution in [1.82, 2.24) is 5.32 Å². The lowest BCUT2D eigenvalue weighted by atomic mass is 9.95.